The summed E-state index contributed by atoms with van der Waals surface area (Å²) >= 11 is 0. The molecule has 0 atom stereocenters. The highest BCUT2D eigenvalue weighted by Gasteiger charge is 2.40. The van der Waals surface area contributed by atoms with Crippen molar-refractivity contribution in [3.63, 3.8) is 0 Å². The minimum atomic E-state index is -0.0478. The molecule has 0 bridgehead atoms. The summed E-state index contributed by atoms with van der Waals surface area (Å²) < 4.78 is 5.54. The maximum atomic E-state index is 12.9. The number of ether oxygens (including phenoxy) is 1. The Morgan fingerprint density at radius 1 is 1.27 bits per heavy atom. The van der Waals surface area contributed by atoms with Gasteiger partial charge < -0.3 is 19.9 Å². The zero-order chi connectivity index (χ0) is 18.6. The van der Waals surface area contributed by atoms with E-state index < -0.39 is 0 Å². The number of pyridine rings is 1. The molecular weight excluding hydrogens is 330 g/mol. The maximum Gasteiger partial charge on any atom is 0.255 e. The van der Waals surface area contributed by atoms with E-state index in [2.05, 4.69) is 27.1 Å². The molecule has 2 aliphatic heterocycles. The molecule has 144 valence electrons. The highest BCUT2D eigenvalue weighted by Crippen LogP contribution is 2.29. The quantitative estimate of drug-likeness (QED) is 0.832. The number of hydrogen-bond acceptors (Lipinski definition) is 6. The average Bonchev–Trinajstić information content (AvgIpc) is 2.68. The lowest BCUT2D eigenvalue weighted by Crippen LogP contribution is -2.62. The first kappa shape index (κ1) is 19.1. The van der Waals surface area contributed by atoms with E-state index in [-0.39, 0.29) is 11.4 Å². The molecule has 0 unspecified atom stereocenters. The van der Waals surface area contributed by atoms with E-state index in [1.807, 2.05) is 31.1 Å². The van der Waals surface area contributed by atoms with Crippen LogP contribution in [0, 0.1) is 0 Å². The Balaban J connectivity index is 1.72. The molecule has 26 heavy (non-hydrogen) atoms. The standard InChI is InChI=1S/C19H31N5O2/c1-22(2)17-16(5-4-8-20-17)18(25)21-15-19(6-9-23(3)10-7-19)24-11-13-26-14-12-24/h4-5,8H,6-7,9-15H2,1-3H3,(H,21,25). The molecule has 0 saturated carbocycles. The lowest BCUT2D eigenvalue weighted by molar-refractivity contribution is -0.0439. The van der Waals surface area contributed by atoms with Gasteiger partial charge in [0.05, 0.1) is 18.8 Å². The van der Waals surface area contributed by atoms with Crippen LogP contribution in [0.4, 0.5) is 5.82 Å². The first-order valence-corrected chi connectivity index (χ1v) is 9.44. The highest BCUT2D eigenvalue weighted by molar-refractivity contribution is 5.98. The SMILES string of the molecule is CN1CCC(CNC(=O)c2cccnc2N(C)C)(N2CCOCC2)CC1. The predicted molar refractivity (Wildman–Crippen MR) is 103 cm³/mol. The van der Waals surface area contributed by atoms with Crippen LogP contribution in [-0.4, -0.2) is 93.3 Å². The largest absolute Gasteiger partial charge is 0.379 e. The van der Waals surface area contributed by atoms with Gasteiger partial charge in [0.25, 0.3) is 5.91 Å². The Morgan fingerprint density at radius 3 is 2.62 bits per heavy atom. The van der Waals surface area contributed by atoms with E-state index in [0.29, 0.717) is 17.9 Å². The third-order valence-electron chi connectivity index (χ3n) is 5.63. The second-order valence-corrected chi connectivity index (χ2v) is 7.58. The molecule has 7 nitrogen and oxygen atoms in total. The van der Waals surface area contributed by atoms with E-state index in [0.717, 1.165) is 52.2 Å². The molecule has 3 rings (SSSR count). The van der Waals surface area contributed by atoms with E-state index in [9.17, 15) is 4.79 Å². The number of hydrogen-bond donors (Lipinski definition) is 1. The van der Waals surface area contributed by atoms with E-state index >= 15 is 0 Å². The minimum absolute atomic E-state index is 0.0203. The molecule has 3 heterocycles. The van der Waals surface area contributed by atoms with Gasteiger partial charge >= 0.3 is 0 Å². The van der Waals surface area contributed by atoms with Crippen LogP contribution in [0.25, 0.3) is 0 Å². The van der Waals surface area contributed by atoms with Crippen molar-refractivity contribution in [1.29, 1.82) is 0 Å². The third-order valence-corrected chi connectivity index (χ3v) is 5.63. The summed E-state index contributed by atoms with van der Waals surface area (Å²) in [5.41, 5.74) is 0.648. The van der Waals surface area contributed by atoms with Gasteiger partial charge in [0, 0.05) is 45.5 Å². The van der Waals surface area contributed by atoms with Crippen LogP contribution >= 0.6 is 0 Å². The Bertz CT molecular complexity index is 608. The number of piperidine rings is 1. The van der Waals surface area contributed by atoms with Crippen molar-refractivity contribution in [2.75, 3.05) is 72.0 Å². The fourth-order valence-electron chi connectivity index (χ4n) is 3.95. The zero-order valence-electron chi connectivity index (χ0n) is 16.2. The number of rotatable bonds is 5. The van der Waals surface area contributed by atoms with Gasteiger partial charge in [-0.3, -0.25) is 9.69 Å². The molecule has 2 saturated heterocycles. The molecule has 0 spiro atoms. The molecule has 7 heteroatoms. The number of nitrogens with zero attached hydrogens (tertiary/aromatic N) is 4. The number of morpholine rings is 1. The Kier molecular flexibility index (Phi) is 6.11. The highest BCUT2D eigenvalue weighted by atomic mass is 16.5. The first-order valence-electron chi connectivity index (χ1n) is 9.44. The van der Waals surface area contributed by atoms with Crippen molar-refractivity contribution < 1.29 is 9.53 Å². The fourth-order valence-corrected chi connectivity index (χ4v) is 3.95. The molecule has 2 aliphatic rings. The predicted octanol–water partition coefficient (Wildman–Crippen LogP) is 0.674. The van der Waals surface area contributed by atoms with E-state index in [4.69, 9.17) is 4.74 Å². The summed E-state index contributed by atoms with van der Waals surface area (Å²) in [5.74, 6) is 0.655. The van der Waals surface area contributed by atoms with Crippen molar-refractivity contribution >= 4 is 11.7 Å². The Hall–Kier alpha value is -1.70. The van der Waals surface area contributed by atoms with Crippen molar-refractivity contribution in [1.82, 2.24) is 20.1 Å². The molecule has 1 N–H and O–H groups in total. The molecule has 0 aromatic carbocycles. The third kappa shape index (κ3) is 4.16. The second kappa shape index (κ2) is 8.33. The summed E-state index contributed by atoms with van der Waals surface area (Å²) in [7, 11) is 5.98. The van der Waals surface area contributed by atoms with Gasteiger partial charge in [0.15, 0.2) is 0 Å². The summed E-state index contributed by atoms with van der Waals surface area (Å²) in [5, 5.41) is 3.21. The molecular formula is C19H31N5O2. The normalized spacial score (nSPS) is 21.3. The summed E-state index contributed by atoms with van der Waals surface area (Å²) in [6.45, 7) is 6.22. The molecule has 1 aromatic heterocycles. The second-order valence-electron chi connectivity index (χ2n) is 7.58. The van der Waals surface area contributed by atoms with Crippen LogP contribution in [0.2, 0.25) is 0 Å². The molecule has 1 amide bonds. The summed E-state index contributed by atoms with van der Waals surface area (Å²) in [6.07, 6.45) is 3.85. The van der Waals surface area contributed by atoms with E-state index in [1.165, 1.54) is 0 Å². The fraction of sp³-hybridized carbons (Fsp3) is 0.684. The number of amides is 1. The monoisotopic (exact) mass is 361 g/mol. The Labute approximate surface area is 156 Å². The van der Waals surface area contributed by atoms with Gasteiger partial charge in [0.2, 0.25) is 0 Å². The molecule has 0 aliphatic carbocycles. The minimum Gasteiger partial charge on any atom is -0.379 e. The zero-order valence-corrected chi connectivity index (χ0v) is 16.2. The lowest BCUT2D eigenvalue weighted by atomic mass is 9.85. The molecule has 2 fully saturated rings. The lowest BCUT2D eigenvalue weighted by Gasteiger charge is -2.49. The number of nitrogens with one attached hydrogen (secondary N) is 1. The van der Waals surface area contributed by atoms with Crippen LogP contribution in [-0.2, 0) is 4.74 Å². The first-order chi connectivity index (χ1) is 12.5. The van der Waals surface area contributed by atoms with Crippen molar-refractivity contribution in [3.8, 4) is 0 Å². The van der Waals surface area contributed by atoms with Gasteiger partial charge in [-0.15, -0.1) is 0 Å². The molecule has 1 aromatic rings. The van der Waals surface area contributed by atoms with Crippen LogP contribution in [0.5, 0.6) is 0 Å². The van der Waals surface area contributed by atoms with Crippen LogP contribution in [0.3, 0.4) is 0 Å². The number of aromatic nitrogens is 1. The smallest absolute Gasteiger partial charge is 0.255 e. The Morgan fingerprint density at radius 2 is 1.96 bits per heavy atom. The summed E-state index contributed by atoms with van der Waals surface area (Å²) in [6, 6.07) is 3.66. The number of likely N-dealkylation sites (tertiary alicyclic amines) is 1. The van der Waals surface area contributed by atoms with Crippen molar-refractivity contribution in [2.24, 2.45) is 0 Å². The maximum absolute atomic E-state index is 12.9. The topological polar surface area (TPSA) is 60.9 Å². The van der Waals surface area contributed by atoms with Crippen LogP contribution < -0.4 is 10.2 Å². The van der Waals surface area contributed by atoms with Crippen molar-refractivity contribution in [3.05, 3.63) is 23.9 Å². The summed E-state index contributed by atoms with van der Waals surface area (Å²) in [4.78, 5) is 24.0. The van der Waals surface area contributed by atoms with E-state index in [1.54, 1.807) is 6.20 Å². The van der Waals surface area contributed by atoms with Gasteiger partial charge in [-0.05, 0) is 45.1 Å². The van der Waals surface area contributed by atoms with Crippen LogP contribution in [0.15, 0.2) is 18.3 Å². The van der Waals surface area contributed by atoms with Gasteiger partial charge in [-0.25, -0.2) is 4.98 Å². The van der Waals surface area contributed by atoms with Crippen LogP contribution in [0.1, 0.15) is 23.2 Å². The van der Waals surface area contributed by atoms with Gasteiger partial charge in [-0.2, -0.15) is 0 Å². The average molecular weight is 361 g/mol. The van der Waals surface area contributed by atoms with Crippen molar-refractivity contribution in [2.45, 2.75) is 18.4 Å². The number of anilines is 1. The van der Waals surface area contributed by atoms with Gasteiger partial charge in [-0.1, -0.05) is 0 Å². The van der Waals surface area contributed by atoms with Gasteiger partial charge in [0.1, 0.15) is 5.82 Å². The number of carbonyl (C=O) groups is 1. The molecule has 0 radical (unpaired) electrons. The number of carbonyl (C=O) groups excluding carboxylic acids is 1.